The van der Waals surface area contributed by atoms with E-state index in [-0.39, 0.29) is 0 Å². The van der Waals surface area contributed by atoms with E-state index >= 15 is 0 Å². The Hall–Kier alpha value is -1.62. The Bertz CT molecular complexity index is 598. The van der Waals surface area contributed by atoms with Crippen molar-refractivity contribution in [2.45, 2.75) is 26.7 Å². The Morgan fingerprint density at radius 2 is 1.90 bits per heavy atom. The first kappa shape index (κ1) is 14.8. The number of hydrogen-bond donors (Lipinski definition) is 2. The van der Waals surface area contributed by atoms with Crippen molar-refractivity contribution in [1.82, 2.24) is 9.97 Å². The van der Waals surface area contributed by atoms with Crippen LogP contribution in [0.4, 0.5) is 17.3 Å². The molecule has 1 heterocycles. The van der Waals surface area contributed by atoms with Crippen molar-refractivity contribution in [1.29, 1.82) is 0 Å². The summed E-state index contributed by atoms with van der Waals surface area (Å²) in [5.74, 6) is 2.50. The molecule has 4 nitrogen and oxygen atoms in total. The molecule has 0 saturated heterocycles. The molecule has 0 atom stereocenters. The molecule has 2 rings (SSSR count). The van der Waals surface area contributed by atoms with E-state index in [1.54, 1.807) is 0 Å². The highest BCUT2D eigenvalue weighted by Crippen LogP contribution is 2.24. The summed E-state index contributed by atoms with van der Waals surface area (Å²) in [4.78, 5) is 9.01. The fraction of sp³-hybridized carbons (Fsp3) is 0.333. The third-order valence-electron chi connectivity index (χ3n) is 2.96. The van der Waals surface area contributed by atoms with Crippen molar-refractivity contribution in [2.24, 2.45) is 0 Å². The van der Waals surface area contributed by atoms with Gasteiger partial charge in [0.05, 0.1) is 0 Å². The SMILES string of the molecule is CCCc1nc(NC)cc(Nc2cc(Br)ccc2C)n1. The van der Waals surface area contributed by atoms with Crippen LogP contribution in [0, 0.1) is 6.92 Å². The molecule has 1 aromatic heterocycles. The van der Waals surface area contributed by atoms with Crippen molar-refractivity contribution in [3.05, 3.63) is 40.1 Å². The van der Waals surface area contributed by atoms with Gasteiger partial charge in [0.1, 0.15) is 17.5 Å². The summed E-state index contributed by atoms with van der Waals surface area (Å²) in [6, 6.07) is 8.07. The molecular formula is C15H19BrN4. The lowest BCUT2D eigenvalue weighted by Gasteiger charge is -2.12. The molecular weight excluding hydrogens is 316 g/mol. The van der Waals surface area contributed by atoms with Crippen LogP contribution >= 0.6 is 15.9 Å². The normalized spacial score (nSPS) is 10.4. The van der Waals surface area contributed by atoms with Crippen LogP contribution in [0.5, 0.6) is 0 Å². The van der Waals surface area contributed by atoms with Gasteiger partial charge in [-0.15, -0.1) is 0 Å². The highest BCUT2D eigenvalue weighted by Gasteiger charge is 2.06. The molecule has 0 aliphatic rings. The quantitative estimate of drug-likeness (QED) is 0.856. The summed E-state index contributed by atoms with van der Waals surface area (Å²) >= 11 is 3.49. The average molecular weight is 335 g/mol. The smallest absolute Gasteiger partial charge is 0.136 e. The highest BCUT2D eigenvalue weighted by molar-refractivity contribution is 9.10. The van der Waals surface area contributed by atoms with Crippen LogP contribution in [0.15, 0.2) is 28.7 Å². The predicted octanol–water partition coefficient (Wildman–Crippen LogP) is 4.29. The maximum absolute atomic E-state index is 4.56. The van der Waals surface area contributed by atoms with Gasteiger partial charge in [0.25, 0.3) is 0 Å². The molecule has 0 unspecified atom stereocenters. The number of nitrogens with one attached hydrogen (secondary N) is 2. The minimum Gasteiger partial charge on any atom is -0.373 e. The maximum Gasteiger partial charge on any atom is 0.136 e. The molecule has 0 radical (unpaired) electrons. The third-order valence-corrected chi connectivity index (χ3v) is 3.46. The van der Waals surface area contributed by atoms with Crippen LogP contribution in [0.25, 0.3) is 0 Å². The number of rotatable bonds is 5. The van der Waals surface area contributed by atoms with Gasteiger partial charge in [-0.1, -0.05) is 28.9 Å². The van der Waals surface area contributed by atoms with E-state index < -0.39 is 0 Å². The predicted molar refractivity (Wildman–Crippen MR) is 87.7 cm³/mol. The second-order valence-electron chi connectivity index (χ2n) is 4.64. The zero-order valence-electron chi connectivity index (χ0n) is 12.0. The van der Waals surface area contributed by atoms with E-state index in [2.05, 4.69) is 62.5 Å². The van der Waals surface area contributed by atoms with E-state index in [1.807, 2.05) is 19.2 Å². The number of hydrogen-bond acceptors (Lipinski definition) is 4. The minimum atomic E-state index is 0.814. The van der Waals surface area contributed by atoms with Crippen LogP contribution in [-0.4, -0.2) is 17.0 Å². The van der Waals surface area contributed by atoms with Gasteiger partial charge in [-0.3, -0.25) is 0 Å². The largest absolute Gasteiger partial charge is 0.373 e. The summed E-state index contributed by atoms with van der Waals surface area (Å²) in [7, 11) is 1.87. The summed E-state index contributed by atoms with van der Waals surface area (Å²) in [5.41, 5.74) is 2.22. The summed E-state index contributed by atoms with van der Waals surface area (Å²) in [6.07, 6.45) is 1.91. The molecule has 0 bridgehead atoms. The first-order valence-electron chi connectivity index (χ1n) is 6.71. The molecule has 1 aromatic carbocycles. The molecule has 106 valence electrons. The average Bonchev–Trinajstić information content (AvgIpc) is 2.43. The lowest BCUT2D eigenvalue weighted by molar-refractivity contribution is 0.838. The zero-order valence-corrected chi connectivity index (χ0v) is 13.6. The van der Waals surface area contributed by atoms with Crippen LogP contribution in [0.3, 0.4) is 0 Å². The minimum absolute atomic E-state index is 0.814. The lowest BCUT2D eigenvalue weighted by Crippen LogP contribution is -2.04. The Kier molecular flexibility index (Phi) is 4.95. The van der Waals surface area contributed by atoms with Crippen LogP contribution in [0.2, 0.25) is 0 Å². The van der Waals surface area contributed by atoms with Crippen molar-refractivity contribution < 1.29 is 0 Å². The summed E-state index contributed by atoms with van der Waals surface area (Å²) in [5, 5.41) is 6.44. The fourth-order valence-corrected chi connectivity index (χ4v) is 2.25. The van der Waals surface area contributed by atoms with Crippen molar-refractivity contribution in [3.8, 4) is 0 Å². The Labute approximate surface area is 128 Å². The van der Waals surface area contributed by atoms with Crippen LogP contribution in [-0.2, 0) is 6.42 Å². The highest BCUT2D eigenvalue weighted by atomic mass is 79.9. The first-order chi connectivity index (χ1) is 9.62. The van der Waals surface area contributed by atoms with Gasteiger partial charge in [-0.05, 0) is 31.0 Å². The van der Waals surface area contributed by atoms with E-state index in [1.165, 1.54) is 5.56 Å². The summed E-state index contributed by atoms with van der Waals surface area (Å²) in [6.45, 7) is 4.20. The number of benzene rings is 1. The Morgan fingerprint density at radius 1 is 1.15 bits per heavy atom. The molecule has 0 fully saturated rings. The van der Waals surface area contributed by atoms with Crippen molar-refractivity contribution in [3.63, 3.8) is 0 Å². The Morgan fingerprint density at radius 3 is 2.60 bits per heavy atom. The second kappa shape index (κ2) is 6.70. The molecule has 5 heteroatoms. The van der Waals surface area contributed by atoms with E-state index in [0.717, 1.165) is 40.5 Å². The maximum atomic E-state index is 4.56. The molecule has 20 heavy (non-hydrogen) atoms. The molecule has 0 saturated carbocycles. The molecule has 2 aromatic rings. The number of anilines is 3. The van der Waals surface area contributed by atoms with Crippen LogP contribution in [0.1, 0.15) is 24.7 Å². The van der Waals surface area contributed by atoms with Gasteiger partial charge < -0.3 is 10.6 Å². The van der Waals surface area contributed by atoms with Gasteiger partial charge in [0, 0.05) is 29.7 Å². The summed E-state index contributed by atoms with van der Waals surface area (Å²) < 4.78 is 1.04. The second-order valence-corrected chi connectivity index (χ2v) is 5.55. The standard InChI is InChI=1S/C15H19BrN4/c1-4-5-13-19-14(17-3)9-15(20-13)18-12-8-11(16)7-6-10(12)2/h6-9H,4-5H2,1-3H3,(H2,17,18,19,20). The number of aromatic nitrogens is 2. The molecule has 0 spiro atoms. The molecule has 2 N–H and O–H groups in total. The van der Waals surface area contributed by atoms with Gasteiger partial charge in [-0.2, -0.15) is 0 Å². The first-order valence-corrected chi connectivity index (χ1v) is 7.50. The van der Waals surface area contributed by atoms with Crippen molar-refractivity contribution in [2.75, 3.05) is 17.7 Å². The fourth-order valence-electron chi connectivity index (χ4n) is 1.89. The monoisotopic (exact) mass is 334 g/mol. The van der Waals surface area contributed by atoms with Crippen LogP contribution < -0.4 is 10.6 Å². The molecule has 0 aliphatic heterocycles. The lowest BCUT2D eigenvalue weighted by atomic mass is 10.2. The third kappa shape index (κ3) is 3.70. The van der Waals surface area contributed by atoms with E-state index in [0.29, 0.717) is 0 Å². The molecule has 0 aliphatic carbocycles. The Balaban J connectivity index is 2.32. The topological polar surface area (TPSA) is 49.8 Å². The van der Waals surface area contributed by atoms with Gasteiger partial charge in [-0.25, -0.2) is 9.97 Å². The zero-order chi connectivity index (χ0) is 14.5. The van der Waals surface area contributed by atoms with E-state index in [4.69, 9.17) is 0 Å². The van der Waals surface area contributed by atoms with Gasteiger partial charge in [0.15, 0.2) is 0 Å². The van der Waals surface area contributed by atoms with Gasteiger partial charge in [0.2, 0.25) is 0 Å². The number of aryl methyl sites for hydroxylation is 2. The number of nitrogens with zero attached hydrogens (tertiary/aromatic N) is 2. The van der Waals surface area contributed by atoms with E-state index in [9.17, 15) is 0 Å². The molecule has 0 amide bonds. The number of halogens is 1. The van der Waals surface area contributed by atoms with Crippen molar-refractivity contribution >= 4 is 33.3 Å². The van der Waals surface area contributed by atoms with Gasteiger partial charge >= 0.3 is 0 Å².